The van der Waals surface area contributed by atoms with Gasteiger partial charge in [-0.25, -0.2) is 9.97 Å². The summed E-state index contributed by atoms with van der Waals surface area (Å²) in [5, 5.41) is 0.902. The summed E-state index contributed by atoms with van der Waals surface area (Å²) in [5.74, 6) is -0.0724. The van der Waals surface area contributed by atoms with Gasteiger partial charge in [0.25, 0.3) is 5.91 Å². The summed E-state index contributed by atoms with van der Waals surface area (Å²) in [5.41, 5.74) is 8.11. The number of aromatic nitrogens is 3. The average Bonchev–Trinajstić information content (AvgIpc) is 2.90. The third-order valence-electron chi connectivity index (χ3n) is 3.07. The summed E-state index contributed by atoms with van der Waals surface area (Å²) in [6.45, 7) is 0. The number of amides is 1. The summed E-state index contributed by atoms with van der Waals surface area (Å²) in [7, 11) is 1.50. The van der Waals surface area contributed by atoms with Crippen LogP contribution in [0.3, 0.4) is 0 Å². The predicted octanol–water partition coefficient (Wildman–Crippen LogP) is 1.73. The van der Waals surface area contributed by atoms with E-state index < -0.39 is 5.91 Å². The van der Waals surface area contributed by atoms with E-state index >= 15 is 0 Å². The van der Waals surface area contributed by atoms with Gasteiger partial charge in [-0.05, 0) is 29.8 Å². The van der Waals surface area contributed by atoms with Crippen molar-refractivity contribution in [2.75, 3.05) is 7.11 Å². The van der Waals surface area contributed by atoms with Crippen molar-refractivity contribution < 1.29 is 9.53 Å². The van der Waals surface area contributed by atoms with Crippen molar-refractivity contribution in [2.45, 2.75) is 0 Å². The topological polar surface area (TPSA) is 93.9 Å². The molecule has 3 N–H and O–H groups in total. The fourth-order valence-electron chi connectivity index (χ4n) is 2.09. The molecule has 1 amide bonds. The minimum atomic E-state index is -0.528. The Bertz CT molecular complexity index is 762. The molecule has 0 unspecified atom stereocenters. The van der Waals surface area contributed by atoms with Crippen LogP contribution in [0, 0.1) is 0 Å². The first-order chi connectivity index (χ1) is 9.69. The lowest BCUT2D eigenvalue weighted by Gasteiger charge is -2.07. The fourth-order valence-corrected chi connectivity index (χ4v) is 2.09. The molecule has 2 aromatic heterocycles. The molecule has 1 aromatic carbocycles. The van der Waals surface area contributed by atoms with E-state index in [1.807, 2.05) is 12.1 Å². The molecule has 3 rings (SSSR count). The van der Waals surface area contributed by atoms with Crippen molar-refractivity contribution in [3.8, 4) is 17.0 Å². The Hall–Kier alpha value is -2.89. The highest BCUT2D eigenvalue weighted by Gasteiger charge is 2.12. The van der Waals surface area contributed by atoms with Crippen LogP contribution in [-0.2, 0) is 0 Å². The molecule has 0 fully saturated rings. The number of carbonyl (C=O) groups excluding carboxylic acids is 1. The molecule has 20 heavy (non-hydrogen) atoms. The van der Waals surface area contributed by atoms with Crippen LogP contribution in [0.5, 0.6) is 5.75 Å². The van der Waals surface area contributed by atoms with Gasteiger partial charge < -0.3 is 15.5 Å². The summed E-state index contributed by atoms with van der Waals surface area (Å²) < 4.78 is 5.12. The largest absolute Gasteiger partial charge is 0.496 e. The van der Waals surface area contributed by atoms with Crippen LogP contribution in [0.4, 0.5) is 0 Å². The summed E-state index contributed by atoms with van der Waals surface area (Å²) in [6, 6.07) is 7.18. The Balaban J connectivity index is 2.14. The molecule has 0 saturated heterocycles. The normalized spacial score (nSPS) is 10.7. The molecule has 0 aliphatic carbocycles. The van der Waals surface area contributed by atoms with Gasteiger partial charge in [0, 0.05) is 17.3 Å². The molecule has 0 aliphatic heterocycles. The van der Waals surface area contributed by atoms with Crippen LogP contribution in [0.25, 0.3) is 22.3 Å². The van der Waals surface area contributed by atoms with Crippen LogP contribution in [0.2, 0.25) is 0 Å². The number of fused-ring (bicyclic) bond motifs is 1. The number of methoxy groups -OCH3 is 1. The molecular formula is C14H12N4O2. The molecule has 2 heterocycles. The van der Waals surface area contributed by atoms with E-state index in [-0.39, 0.29) is 0 Å². The Kier molecular flexibility index (Phi) is 2.83. The highest BCUT2D eigenvalue weighted by atomic mass is 16.5. The molecular weight excluding hydrogens is 256 g/mol. The maximum absolute atomic E-state index is 11.4. The second-order valence-corrected chi connectivity index (χ2v) is 4.29. The van der Waals surface area contributed by atoms with Crippen molar-refractivity contribution in [1.29, 1.82) is 0 Å². The summed E-state index contributed by atoms with van der Waals surface area (Å²) in [4.78, 5) is 22.7. The molecule has 0 bridgehead atoms. The number of ether oxygens (including phenoxy) is 1. The number of nitrogens with zero attached hydrogens (tertiary/aromatic N) is 2. The Labute approximate surface area is 114 Å². The smallest absolute Gasteiger partial charge is 0.252 e. The first-order valence-corrected chi connectivity index (χ1v) is 5.96. The van der Waals surface area contributed by atoms with Crippen molar-refractivity contribution in [1.82, 2.24) is 15.0 Å². The Morgan fingerprint density at radius 2 is 2.20 bits per heavy atom. The third-order valence-corrected chi connectivity index (χ3v) is 3.07. The third kappa shape index (κ3) is 1.97. The SMILES string of the molecule is COc1ccc(-c2cc3cncnc3[nH]2)cc1C(N)=O. The molecule has 3 aromatic rings. The van der Waals surface area contributed by atoms with Crippen LogP contribution in [-0.4, -0.2) is 28.0 Å². The van der Waals surface area contributed by atoms with Gasteiger partial charge in [0.15, 0.2) is 0 Å². The van der Waals surface area contributed by atoms with E-state index in [0.717, 1.165) is 22.3 Å². The molecule has 0 atom stereocenters. The van der Waals surface area contributed by atoms with Gasteiger partial charge in [0.05, 0.1) is 12.7 Å². The minimum absolute atomic E-state index is 0.342. The number of primary amides is 1. The molecule has 6 nitrogen and oxygen atoms in total. The standard InChI is InChI=1S/C14H12N4O2/c1-20-12-3-2-8(4-10(12)13(15)19)11-5-9-6-16-7-17-14(9)18-11/h2-7H,1H3,(H2,15,19)(H,16,17,18). The molecule has 0 aliphatic rings. The van der Waals surface area contributed by atoms with E-state index in [0.29, 0.717) is 11.3 Å². The van der Waals surface area contributed by atoms with Crippen LogP contribution >= 0.6 is 0 Å². The van der Waals surface area contributed by atoms with E-state index in [1.165, 1.54) is 13.4 Å². The zero-order chi connectivity index (χ0) is 14.1. The maximum Gasteiger partial charge on any atom is 0.252 e. The second-order valence-electron chi connectivity index (χ2n) is 4.29. The molecule has 0 spiro atoms. The molecule has 6 heteroatoms. The fraction of sp³-hybridized carbons (Fsp3) is 0.0714. The van der Waals surface area contributed by atoms with E-state index in [9.17, 15) is 4.79 Å². The van der Waals surface area contributed by atoms with E-state index in [1.54, 1.807) is 18.3 Å². The molecule has 0 radical (unpaired) electrons. The van der Waals surface area contributed by atoms with Crippen LogP contribution in [0.1, 0.15) is 10.4 Å². The van der Waals surface area contributed by atoms with Crippen molar-refractivity contribution in [3.05, 3.63) is 42.4 Å². The first kappa shape index (κ1) is 12.2. The van der Waals surface area contributed by atoms with Crippen LogP contribution in [0.15, 0.2) is 36.8 Å². The van der Waals surface area contributed by atoms with Gasteiger partial charge in [0.1, 0.15) is 17.7 Å². The van der Waals surface area contributed by atoms with Gasteiger partial charge in [-0.3, -0.25) is 4.79 Å². The van der Waals surface area contributed by atoms with Crippen molar-refractivity contribution >= 4 is 16.9 Å². The number of hydrogen-bond donors (Lipinski definition) is 2. The molecule has 0 saturated carbocycles. The number of H-pyrrole nitrogens is 1. The minimum Gasteiger partial charge on any atom is -0.496 e. The van der Waals surface area contributed by atoms with Crippen molar-refractivity contribution in [2.24, 2.45) is 5.73 Å². The lowest BCUT2D eigenvalue weighted by Crippen LogP contribution is -2.12. The van der Waals surface area contributed by atoms with Gasteiger partial charge in [0.2, 0.25) is 0 Å². The number of nitrogens with one attached hydrogen (secondary N) is 1. The molecule has 100 valence electrons. The predicted molar refractivity (Wildman–Crippen MR) is 74.4 cm³/mol. The monoisotopic (exact) mass is 268 g/mol. The number of nitrogens with two attached hydrogens (primary N) is 1. The maximum atomic E-state index is 11.4. The van der Waals surface area contributed by atoms with Crippen LogP contribution < -0.4 is 10.5 Å². The number of hydrogen-bond acceptors (Lipinski definition) is 4. The average molecular weight is 268 g/mol. The summed E-state index contributed by atoms with van der Waals surface area (Å²) >= 11 is 0. The zero-order valence-electron chi connectivity index (χ0n) is 10.8. The van der Waals surface area contributed by atoms with Gasteiger partial charge in [-0.2, -0.15) is 0 Å². The number of benzene rings is 1. The second kappa shape index (κ2) is 4.65. The Morgan fingerprint density at radius 1 is 1.35 bits per heavy atom. The van der Waals surface area contributed by atoms with Crippen molar-refractivity contribution in [3.63, 3.8) is 0 Å². The highest BCUT2D eigenvalue weighted by molar-refractivity contribution is 5.97. The number of carbonyl (C=O) groups is 1. The lowest BCUT2D eigenvalue weighted by atomic mass is 10.1. The Morgan fingerprint density at radius 3 is 2.90 bits per heavy atom. The lowest BCUT2D eigenvalue weighted by molar-refractivity contribution is 0.0997. The quantitative estimate of drug-likeness (QED) is 0.756. The van der Waals surface area contributed by atoms with Gasteiger partial charge in [-0.15, -0.1) is 0 Å². The number of rotatable bonds is 3. The first-order valence-electron chi connectivity index (χ1n) is 5.96. The van der Waals surface area contributed by atoms with E-state index in [4.69, 9.17) is 10.5 Å². The van der Waals surface area contributed by atoms with Gasteiger partial charge in [-0.1, -0.05) is 0 Å². The highest BCUT2D eigenvalue weighted by Crippen LogP contribution is 2.27. The van der Waals surface area contributed by atoms with E-state index in [2.05, 4.69) is 15.0 Å². The zero-order valence-corrected chi connectivity index (χ0v) is 10.8. The van der Waals surface area contributed by atoms with Gasteiger partial charge >= 0.3 is 0 Å². The summed E-state index contributed by atoms with van der Waals surface area (Å²) in [6.07, 6.45) is 3.20. The number of aromatic amines is 1.